The molecule has 2 rings (SSSR count). The van der Waals surface area contributed by atoms with Crippen molar-refractivity contribution in [3.8, 4) is 0 Å². The van der Waals surface area contributed by atoms with Crippen LogP contribution in [0.2, 0.25) is 0 Å². The van der Waals surface area contributed by atoms with Gasteiger partial charge in [-0.1, -0.05) is 13.8 Å². The summed E-state index contributed by atoms with van der Waals surface area (Å²) in [6.45, 7) is 4.57. The molecule has 122 valence electrons. The molecule has 0 unspecified atom stereocenters. The van der Waals surface area contributed by atoms with Crippen LogP contribution in [-0.2, 0) is 9.47 Å². The third-order valence-corrected chi connectivity index (χ3v) is 3.90. The number of amides is 1. The van der Waals surface area contributed by atoms with E-state index in [1.807, 2.05) is 13.8 Å². The molecule has 3 atom stereocenters. The van der Waals surface area contributed by atoms with Gasteiger partial charge in [0.2, 0.25) is 0 Å². The van der Waals surface area contributed by atoms with Crippen molar-refractivity contribution in [1.29, 1.82) is 0 Å². The van der Waals surface area contributed by atoms with E-state index in [4.69, 9.17) is 9.47 Å². The van der Waals surface area contributed by atoms with E-state index >= 15 is 0 Å². The molecular formula is C15H23N3O4. The summed E-state index contributed by atoms with van der Waals surface area (Å²) in [5, 5.41) is 10.3. The summed E-state index contributed by atoms with van der Waals surface area (Å²) in [5.74, 6) is 0.650. The Morgan fingerprint density at radius 3 is 2.59 bits per heavy atom. The summed E-state index contributed by atoms with van der Waals surface area (Å²) in [7, 11) is 3.15. The van der Waals surface area contributed by atoms with Crippen molar-refractivity contribution in [1.82, 2.24) is 14.9 Å². The van der Waals surface area contributed by atoms with E-state index in [-0.39, 0.29) is 18.4 Å². The fourth-order valence-corrected chi connectivity index (χ4v) is 2.40. The van der Waals surface area contributed by atoms with E-state index in [2.05, 4.69) is 9.97 Å². The summed E-state index contributed by atoms with van der Waals surface area (Å²) in [4.78, 5) is 22.4. The van der Waals surface area contributed by atoms with Gasteiger partial charge in [0.1, 0.15) is 18.0 Å². The molecule has 1 aliphatic heterocycles. The van der Waals surface area contributed by atoms with Crippen molar-refractivity contribution in [3.05, 3.63) is 23.8 Å². The molecule has 1 aromatic heterocycles. The van der Waals surface area contributed by atoms with E-state index in [0.717, 1.165) is 0 Å². The van der Waals surface area contributed by atoms with Crippen molar-refractivity contribution >= 4 is 5.91 Å². The average Bonchev–Trinajstić information content (AvgIpc) is 2.54. The highest BCUT2D eigenvalue weighted by atomic mass is 16.5. The second-order valence-electron chi connectivity index (χ2n) is 5.77. The monoisotopic (exact) mass is 309 g/mol. The van der Waals surface area contributed by atoms with Gasteiger partial charge >= 0.3 is 0 Å². The largest absolute Gasteiger partial charge is 0.388 e. The standard InChI is InChI=1S/C15H23N3O4/c1-9(2)14-16-5-10(6-17-14)15(20)18(3)11-7-22-8-12(21-4)13(11)19/h5-6,9,11-13,19H,7-8H2,1-4H3/t11-,12-,13+/m1/s1. The minimum atomic E-state index is -0.788. The minimum Gasteiger partial charge on any atom is -0.388 e. The maximum atomic E-state index is 12.5. The van der Waals surface area contributed by atoms with Crippen LogP contribution in [0, 0.1) is 0 Å². The summed E-state index contributed by atoms with van der Waals surface area (Å²) >= 11 is 0. The number of carbonyl (C=O) groups excluding carboxylic acids is 1. The van der Waals surface area contributed by atoms with Crippen molar-refractivity contribution in [2.24, 2.45) is 0 Å². The lowest BCUT2D eigenvalue weighted by Gasteiger charge is -2.38. The number of aliphatic hydroxyl groups excluding tert-OH is 1. The molecule has 7 heteroatoms. The lowest BCUT2D eigenvalue weighted by Crippen LogP contribution is -2.56. The highest BCUT2D eigenvalue weighted by molar-refractivity contribution is 5.93. The zero-order valence-corrected chi connectivity index (χ0v) is 13.4. The van der Waals surface area contributed by atoms with Gasteiger partial charge in [0, 0.05) is 32.5 Å². The molecule has 1 amide bonds. The van der Waals surface area contributed by atoms with Gasteiger partial charge in [-0.2, -0.15) is 0 Å². The minimum absolute atomic E-state index is 0.206. The Bertz CT molecular complexity index is 506. The number of hydrogen-bond donors (Lipinski definition) is 1. The van der Waals surface area contributed by atoms with Crippen molar-refractivity contribution in [3.63, 3.8) is 0 Å². The van der Waals surface area contributed by atoms with Crippen LogP contribution in [0.4, 0.5) is 0 Å². The van der Waals surface area contributed by atoms with E-state index in [0.29, 0.717) is 18.0 Å². The van der Waals surface area contributed by atoms with Gasteiger partial charge < -0.3 is 19.5 Å². The fourth-order valence-electron chi connectivity index (χ4n) is 2.40. The Hall–Kier alpha value is -1.57. The first-order valence-corrected chi connectivity index (χ1v) is 7.33. The molecule has 1 aliphatic rings. The molecule has 1 N–H and O–H groups in total. The van der Waals surface area contributed by atoms with Crippen molar-refractivity contribution in [2.45, 2.75) is 38.0 Å². The first-order valence-electron chi connectivity index (χ1n) is 7.33. The number of aliphatic hydroxyl groups is 1. The third kappa shape index (κ3) is 3.43. The first kappa shape index (κ1) is 16.8. The molecule has 0 radical (unpaired) electrons. The number of methoxy groups -OCH3 is 1. The van der Waals surface area contributed by atoms with E-state index in [9.17, 15) is 9.90 Å². The predicted molar refractivity (Wildman–Crippen MR) is 79.6 cm³/mol. The molecule has 0 aromatic carbocycles. The lowest BCUT2D eigenvalue weighted by molar-refractivity contribution is -0.135. The predicted octanol–water partition coefficient (Wildman–Crippen LogP) is 0.447. The number of carbonyl (C=O) groups is 1. The van der Waals surface area contributed by atoms with Gasteiger partial charge in [0.25, 0.3) is 5.91 Å². The molecule has 1 saturated heterocycles. The number of hydrogen-bond acceptors (Lipinski definition) is 6. The van der Waals surface area contributed by atoms with E-state index in [1.54, 1.807) is 7.05 Å². The van der Waals surface area contributed by atoms with Gasteiger partial charge in [-0.05, 0) is 0 Å². The molecule has 0 saturated carbocycles. The average molecular weight is 309 g/mol. The fraction of sp³-hybridized carbons (Fsp3) is 0.667. The van der Waals surface area contributed by atoms with Crippen LogP contribution in [-0.4, -0.2) is 71.5 Å². The Balaban J connectivity index is 2.11. The van der Waals surface area contributed by atoms with Crippen LogP contribution < -0.4 is 0 Å². The molecule has 0 aliphatic carbocycles. The SMILES string of the molecule is CO[C@@H]1COC[C@@H](N(C)C(=O)c2cnc(C(C)C)nc2)[C@@H]1O. The Morgan fingerprint density at radius 1 is 1.41 bits per heavy atom. The summed E-state index contributed by atoms with van der Waals surface area (Å²) < 4.78 is 10.6. The maximum Gasteiger partial charge on any atom is 0.257 e. The summed E-state index contributed by atoms with van der Waals surface area (Å²) in [5.41, 5.74) is 0.388. The number of ether oxygens (including phenoxy) is 2. The molecule has 1 fully saturated rings. The van der Waals surface area contributed by atoms with Gasteiger partial charge in [-0.15, -0.1) is 0 Å². The third-order valence-electron chi connectivity index (χ3n) is 3.90. The molecule has 22 heavy (non-hydrogen) atoms. The van der Waals surface area contributed by atoms with E-state index < -0.39 is 18.2 Å². The second kappa shape index (κ2) is 7.13. The van der Waals surface area contributed by atoms with Crippen LogP contribution >= 0.6 is 0 Å². The quantitative estimate of drug-likeness (QED) is 0.869. The molecular weight excluding hydrogens is 286 g/mol. The van der Waals surface area contributed by atoms with Gasteiger partial charge in [0.05, 0.1) is 24.8 Å². The van der Waals surface area contributed by atoms with Gasteiger partial charge in [-0.3, -0.25) is 4.79 Å². The topological polar surface area (TPSA) is 84.8 Å². The number of aromatic nitrogens is 2. The van der Waals surface area contributed by atoms with Crippen LogP contribution in [0.1, 0.15) is 35.9 Å². The normalized spacial score (nSPS) is 25.3. The van der Waals surface area contributed by atoms with Crippen LogP contribution in [0.3, 0.4) is 0 Å². The molecule has 0 spiro atoms. The van der Waals surface area contributed by atoms with E-state index in [1.165, 1.54) is 24.4 Å². The number of rotatable bonds is 4. The highest BCUT2D eigenvalue weighted by Crippen LogP contribution is 2.18. The Kier molecular flexibility index (Phi) is 5.44. The van der Waals surface area contributed by atoms with Crippen LogP contribution in [0.25, 0.3) is 0 Å². The van der Waals surface area contributed by atoms with Gasteiger partial charge in [-0.25, -0.2) is 9.97 Å². The van der Waals surface area contributed by atoms with Crippen LogP contribution in [0.5, 0.6) is 0 Å². The molecule has 7 nitrogen and oxygen atoms in total. The zero-order valence-electron chi connectivity index (χ0n) is 13.4. The molecule has 2 heterocycles. The molecule has 1 aromatic rings. The number of nitrogens with zero attached hydrogens (tertiary/aromatic N) is 3. The summed E-state index contributed by atoms with van der Waals surface area (Å²) in [6, 6.07) is -0.462. The number of likely N-dealkylation sites (N-methyl/N-ethyl adjacent to an activating group) is 1. The lowest BCUT2D eigenvalue weighted by atomic mass is 10.0. The van der Waals surface area contributed by atoms with Crippen LogP contribution in [0.15, 0.2) is 12.4 Å². The van der Waals surface area contributed by atoms with Gasteiger partial charge in [0.15, 0.2) is 0 Å². The molecule has 0 bridgehead atoms. The Morgan fingerprint density at radius 2 is 2.05 bits per heavy atom. The summed E-state index contributed by atoms with van der Waals surface area (Å²) in [6.07, 6.45) is 1.81. The van der Waals surface area contributed by atoms with Crippen molar-refractivity contribution < 1.29 is 19.4 Å². The van der Waals surface area contributed by atoms with Crippen molar-refractivity contribution in [2.75, 3.05) is 27.4 Å². The maximum absolute atomic E-state index is 12.5. The smallest absolute Gasteiger partial charge is 0.257 e. The highest BCUT2D eigenvalue weighted by Gasteiger charge is 2.37. The Labute approximate surface area is 130 Å². The second-order valence-corrected chi connectivity index (χ2v) is 5.77. The first-order chi connectivity index (χ1) is 10.5. The zero-order chi connectivity index (χ0) is 16.3.